The third-order valence-corrected chi connectivity index (χ3v) is 5.45. The highest BCUT2D eigenvalue weighted by Crippen LogP contribution is 2.30. The lowest BCUT2D eigenvalue weighted by molar-refractivity contribution is 0.589. The normalized spacial score (nSPS) is 13.4. The average Bonchev–Trinajstić information content (AvgIpc) is 2.96. The molecule has 3 heteroatoms. The molecule has 1 aromatic heterocycles. The molecule has 1 heterocycles. The molecular weight excluding hydrogens is 300 g/mol. The Bertz CT molecular complexity index is 748. The number of thiazole rings is 1. The summed E-state index contributed by atoms with van der Waals surface area (Å²) in [5.74, 6) is 0.285. The third-order valence-electron chi connectivity index (χ3n) is 4.25. The summed E-state index contributed by atoms with van der Waals surface area (Å²) in [6.07, 6.45) is 0.945. The summed E-state index contributed by atoms with van der Waals surface area (Å²) < 4.78 is 1.24. The molecule has 0 amide bonds. The van der Waals surface area contributed by atoms with E-state index in [-0.39, 0.29) is 11.3 Å². The summed E-state index contributed by atoms with van der Waals surface area (Å²) in [6, 6.07) is 17.2. The molecule has 0 saturated heterocycles. The van der Waals surface area contributed by atoms with Crippen LogP contribution in [0.15, 0.2) is 48.5 Å². The molecule has 0 aliphatic rings. The van der Waals surface area contributed by atoms with Crippen molar-refractivity contribution in [2.45, 2.75) is 38.5 Å². The van der Waals surface area contributed by atoms with E-state index in [0.29, 0.717) is 6.54 Å². The quantitative estimate of drug-likeness (QED) is 0.743. The Kier molecular flexibility index (Phi) is 4.51. The van der Waals surface area contributed by atoms with Crippen LogP contribution in [0.4, 0.5) is 0 Å². The van der Waals surface area contributed by atoms with Gasteiger partial charge in [-0.05, 0) is 35.1 Å². The number of fused-ring (bicyclic) bond motifs is 1. The second kappa shape index (κ2) is 6.42. The lowest BCUT2D eigenvalue weighted by Gasteiger charge is -2.19. The first-order valence-electron chi connectivity index (χ1n) is 8.12. The topological polar surface area (TPSA) is 38.9 Å². The van der Waals surface area contributed by atoms with E-state index in [4.69, 9.17) is 10.7 Å². The lowest BCUT2D eigenvalue weighted by atomic mass is 9.86. The molecule has 2 nitrogen and oxygen atoms in total. The standard InChI is InChI=1S/C20H24N2S/c1-20(2,3)16-10-8-14(9-11-16)12-15(13-21)19-22-17-6-4-5-7-18(17)23-19/h4-11,15H,12-13,21H2,1-3H3. The summed E-state index contributed by atoms with van der Waals surface area (Å²) in [5.41, 5.74) is 10.0. The molecular formula is C20H24N2S. The van der Waals surface area contributed by atoms with Gasteiger partial charge < -0.3 is 5.73 Å². The molecule has 120 valence electrons. The van der Waals surface area contributed by atoms with Crippen molar-refractivity contribution in [1.82, 2.24) is 4.98 Å². The van der Waals surface area contributed by atoms with Gasteiger partial charge in [0.15, 0.2) is 0 Å². The monoisotopic (exact) mass is 324 g/mol. The van der Waals surface area contributed by atoms with E-state index in [0.717, 1.165) is 16.9 Å². The van der Waals surface area contributed by atoms with E-state index in [2.05, 4.69) is 63.2 Å². The highest BCUT2D eigenvalue weighted by molar-refractivity contribution is 7.18. The van der Waals surface area contributed by atoms with Crippen LogP contribution in [0.1, 0.15) is 42.8 Å². The van der Waals surface area contributed by atoms with E-state index in [1.807, 2.05) is 6.07 Å². The molecule has 1 unspecified atom stereocenters. The van der Waals surface area contributed by atoms with Crippen molar-refractivity contribution < 1.29 is 0 Å². The van der Waals surface area contributed by atoms with Gasteiger partial charge in [-0.1, -0.05) is 57.2 Å². The van der Waals surface area contributed by atoms with Crippen molar-refractivity contribution in [3.63, 3.8) is 0 Å². The molecule has 0 aliphatic heterocycles. The molecule has 3 aromatic rings. The predicted octanol–water partition coefficient (Wildman–Crippen LogP) is 4.88. The molecule has 2 N–H and O–H groups in total. The van der Waals surface area contributed by atoms with E-state index in [1.165, 1.54) is 15.8 Å². The Morgan fingerprint density at radius 1 is 1.04 bits per heavy atom. The zero-order valence-electron chi connectivity index (χ0n) is 14.0. The molecule has 0 bridgehead atoms. The Hall–Kier alpha value is -1.71. The molecule has 0 spiro atoms. The van der Waals surface area contributed by atoms with E-state index >= 15 is 0 Å². The zero-order valence-corrected chi connectivity index (χ0v) is 14.9. The number of para-hydroxylation sites is 1. The van der Waals surface area contributed by atoms with E-state index < -0.39 is 0 Å². The number of benzene rings is 2. The summed E-state index contributed by atoms with van der Waals surface area (Å²) in [7, 11) is 0. The molecule has 0 radical (unpaired) electrons. The van der Waals surface area contributed by atoms with Gasteiger partial charge in [0.2, 0.25) is 0 Å². The lowest BCUT2D eigenvalue weighted by Crippen LogP contribution is -2.15. The van der Waals surface area contributed by atoms with Crippen molar-refractivity contribution in [3.8, 4) is 0 Å². The fourth-order valence-electron chi connectivity index (χ4n) is 2.76. The van der Waals surface area contributed by atoms with Crippen LogP contribution in [-0.2, 0) is 11.8 Å². The maximum Gasteiger partial charge on any atom is 0.0985 e. The number of rotatable bonds is 4. The van der Waals surface area contributed by atoms with Crippen LogP contribution < -0.4 is 5.73 Å². The molecule has 0 aliphatic carbocycles. The van der Waals surface area contributed by atoms with Gasteiger partial charge in [-0.15, -0.1) is 11.3 Å². The van der Waals surface area contributed by atoms with Gasteiger partial charge in [-0.25, -0.2) is 4.98 Å². The second-order valence-electron chi connectivity index (χ2n) is 7.10. The number of aromatic nitrogens is 1. The van der Waals surface area contributed by atoms with Gasteiger partial charge in [-0.2, -0.15) is 0 Å². The zero-order chi connectivity index (χ0) is 16.4. The van der Waals surface area contributed by atoms with Crippen molar-refractivity contribution in [2.75, 3.05) is 6.54 Å². The van der Waals surface area contributed by atoms with E-state index in [9.17, 15) is 0 Å². The van der Waals surface area contributed by atoms with Gasteiger partial charge in [0, 0.05) is 12.5 Å². The fourth-order valence-corrected chi connectivity index (χ4v) is 3.84. The molecule has 2 aromatic carbocycles. The third kappa shape index (κ3) is 3.62. The number of nitrogens with zero attached hydrogens (tertiary/aromatic N) is 1. The summed E-state index contributed by atoms with van der Waals surface area (Å²) in [4.78, 5) is 4.78. The summed E-state index contributed by atoms with van der Waals surface area (Å²) in [5, 5.41) is 1.15. The van der Waals surface area contributed by atoms with Crippen molar-refractivity contribution in [2.24, 2.45) is 5.73 Å². The van der Waals surface area contributed by atoms with Crippen LogP contribution in [0.5, 0.6) is 0 Å². The van der Waals surface area contributed by atoms with E-state index in [1.54, 1.807) is 11.3 Å². The van der Waals surface area contributed by atoms with Gasteiger partial charge in [0.25, 0.3) is 0 Å². The first-order chi connectivity index (χ1) is 11.0. The predicted molar refractivity (Wildman–Crippen MR) is 100 cm³/mol. The van der Waals surface area contributed by atoms with Gasteiger partial charge in [-0.3, -0.25) is 0 Å². The van der Waals surface area contributed by atoms with Crippen LogP contribution in [0, 0.1) is 0 Å². The van der Waals surface area contributed by atoms with Crippen molar-refractivity contribution in [3.05, 3.63) is 64.7 Å². The number of hydrogen-bond donors (Lipinski definition) is 1. The average molecular weight is 324 g/mol. The highest BCUT2D eigenvalue weighted by atomic mass is 32.1. The summed E-state index contributed by atoms with van der Waals surface area (Å²) in [6.45, 7) is 7.35. The number of hydrogen-bond acceptors (Lipinski definition) is 3. The molecule has 0 saturated carbocycles. The fraction of sp³-hybridized carbons (Fsp3) is 0.350. The Balaban J connectivity index is 1.81. The van der Waals surface area contributed by atoms with Crippen LogP contribution in [0.2, 0.25) is 0 Å². The van der Waals surface area contributed by atoms with Crippen LogP contribution in [0.3, 0.4) is 0 Å². The Morgan fingerprint density at radius 2 is 1.74 bits per heavy atom. The van der Waals surface area contributed by atoms with Crippen LogP contribution in [0.25, 0.3) is 10.2 Å². The SMILES string of the molecule is CC(C)(C)c1ccc(CC(CN)c2nc3ccccc3s2)cc1. The molecule has 23 heavy (non-hydrogen) atoms. The highest BCUT2D eigenvalue weighted by Gasteiger charge is 2.17. The molecule has 1 atom stereocenters. The minimum Gasteiger partial charge on any atom is -0.330 e. The smallest absolute Gasteiger partial charge is 0.0985 e. The van der Waals surface area contributed by atoms with Crippen LogP contribution in [-0.4, -0.2) is 11.5 Å². The largest absolute Gasteiger partial charge is 0.330 e. The van der Waals surface area contributed by atoms with Gasteiger partial charge >= 0.3 is 0 Å². The maximum atomic E-state index is 6.04. The van der Waals surface area contributed by atoms with Gasteiger partial charge in [0.1, 0.15) is 0 Å². The number of nitrogens with two attached hydrogens (primary N) is 1. The van der Waals surface area contributed by atoms with Crippen LogP contribution >= 0.6 is 11.3 Å². The van der Waals surface area contributed by atoms with Crippen molar-refractivity contribution >= 4 is 21.6 Å². The Morgan fingerprint density at radius 3 is 2.35 bits per heavy atom. The maximum absolute atomic E-state index is 6.04. The Labute approximate surface area is 142 Å². The second-order valence-corrected chi connectivity index (χ2v) is 8.17. The molecule has 0 fully saturated rings. The first kappa shape index (κ1) is 16.2. The summed E-state index contributed by atoms with van der Waals surface area (Å²) >= 11 is 1.77. The molecule has 3 rings (SSSR count). The van der Waals surface area contributed by atoms with Gasteiger partial charge in [0.05, 0.1) is 15.2 Å². The minimum atomic E-state index is 0.193. The van der Waals surface area contributed by atoms with Crippen molar-refractivity contribution in [1.29, 1.82) is 0 Å². The first-order valence-corrected chi connectivity index (χ1v) is 8.94. The minimum absolute atomic E-state index is 0.193.